The first-order valence-corrected chi connectivity index (χ1v) is 12.6. The van der Waals surface area contributed by atoms with E-state index in [2.05, 4.69) is 31.4 Å². The zero-order chi connectivity index (χ0) is 26.9. The molecule has 0 bridgehead atoms. The molecule has 3 aromatic heterocycles. The van der Waals surface area contributed by atoms with Crippen LogP contribution in [-0.2, 0) is 10.9 Å². The first-order valence-electron chi connectivity index (χ1n) is 12.6. The Bertz CT molecular complexity index is 1340. The Morgan fingerprint density at radius 2 is 1.89 bits per heavy atom. The number of aryl methyl sites for hydroxylation is 1. The number of nitrogens with zero attached hydrogens (tertiary/aromatic N) is 5. The number of pyridine rings is 2. The van der Waals surface area contributed by atoms with Crippen molar-refractivity contribution in [2.45, 2.75) is 45.3 Å². The summed E-state index contributed by atoms with van der Waals surface area (Å²) in [5, 5.41) is 7.00. The molecule has 1 fully saturated rings. The van der Waals surface area contributed by atoms with Crippen LogP contribution in [-0.4, -0.2) is 62.9 Å². The van der Waals surface area contributed by atoms with E-state index >= 15 is 0 Å². The predicted octanol–water partition coefficient (Wildman–Crippen LogP) is 4.82. The Balaban J connectivity index is 1.25. The van der Waals surface area contributed by atoms with E-state index in [0.29, 0.717) is 17.4 Å². The molecule has 1 aliphatic carbocycles. The number of aromatic nitrogens is 4. The fourth-order valence-electron chi connectivity index (χ4n) is 5.03. The van der Waals surface area contributed by atoms with Crippen LogP contribution in [0.1, 0.15) is 52.1 Å². The summed E-state index contributed by atoms with van der Waals surface area (Å²) in [4.78, 5) is 24.0. The number of anilines is 1. The number of ether oxygens (including phenoxy) is 1. The highest BCUT2D eigenvalue weighted by Gasteiger charge is 2.31. The summed E-state index contributed by atoms with van der Waals surface area (Å²) in [6, 6.07) is 4.60. The summed E-state index contributed by atoms with van der Waals surface area (Å²) in [5.41, 5.74) is 3.60. The van der Waals surface area contributed by atoms with E-state index in [0.717, 1.165) is 69.1 Å². The second kappa shape index (κ2) is 10.7. The Labute approximate surface area is 218 Å². The number of rotatable bonds is 5. The molecule has 5 rings (SSSR count). The quantitative estimate of drug-likeness (QED) is 0.513. The largest absolute Gasteiger partial charge is 0.417 e. The number of alkyl halides is 3. The second-order valence-corrected chi connectivity index (χ2v) is 9.61. The molecule has 1 aliphatic heterocycles. The van der Waals surface area contributed by atoms with Gasteiger partial charge in [0.05, 0.1) is 53.8 Å². The van der Waals surface area contributed by atoms with Gasteiger partial charge in [-0.15, -0.1) is 0 Å². The van der Waals surface area contributed by atoms with Gasteiger partial charge in [0.15, 0.2) is 5.82 Å². The summed E-state index contributed by atoms with van der Waals surface area (Å²) in [6.07, 6.45) is 4.60. The van der Waals surface area contributed by atoms with Gasteiger partial charge >= 0.3 is 6.18 Å². The SMILES string of the molecule is Cc1cc(NC(=O)c2cnn(-c3ccc(C(F)(F)F)cn3)c2C)cnc1C1=CCC(N2CCOCC2)CC1. The third kappa shape index (κ3) is 5.48. The Kier molecular flexibility index (Phi) is 7.31. The van der Waals surface area contributed by atoms with Gasteiger partial charge in [0, 0.05) is 25.3 Å². The maximum absolute atomic E-state index is 13.0. The average molecular weight is 527 g/mol. The van der Waals surface area contributed by atoms with Crippen LogP contribution >= 0.6 is 0 Å². The molecule has 1 saturated heterocycles. The van der Waals surface area contributed by atoms with E-state index in [1.807, 2.05) is 13.0 Å². The van der Waals surface area contributed by atoms with Crippen LogP contribution < -0.4 is 5.32 Å². The molecular weight excluding hydrogens is 497 g/mol. The number of morpholine rings is 1. The lowest BCUT2D eigenvalue weighted by Gasteiger charge is -2.36. The normalized spacial score (nSPS) is 18.8. The van der Waals surface area contributed by atoms with Gasteiger partial charge in [-0.25, -0.2) is 9.67 Å². The molecule has 1 atom stereocenters. The number of nitrogens with one attached hydrogen (secondary N) is 1. The highest BCUT2D eigenvalue weighted by molar-refractivity contribution is 6.05. The van der Waals surface area contributed by atoms with Crippen molar-refractivity contribution in [3.8, 4) is 5.82 Å². The van der Waals surface area contributed by atoms with Crippen molar-refractivity contribution in [2.75, 3.05) is 31.6 Å². The topological polar surface area (TPSA) is 85.2 Å². The minimum absolute atomic E-state index is 0.188. The van der Waals surface area contributed by atoms with Crippen LogP contribution in [0.3, 0.4) is 0 Å². The molecule has 0 aromatic carbocycles. The highest BCUT2D eigenvalue weighted by atomic mass is 19.4. The second-order valence-electron chi connectivity index (χ2n) is 9.61. The van der Waals surface area contributed by atoms with Gasteiger partial charge in [-0.3, -0.25) is 14.7 Å². The minimum atomic E-state index is -4.48. The van der Waals surface area contributed by atoms with E-state index in [9.17, 15) is 18.0 Å². The van der Waals surface area contributed by atoms with Crippen molar-refractivity contribution in [1.29, 1.82) is 0 Å². The number of carbonyl (C=O) groups excluding carboxylic acids is 1. The standard InChI is InChI=1S/C27H29F3N6O2/c1-17-13-21(15-32-25(17)19-3-6-22(7-4-19)35-9-11-38-12-10-35)34-26(37)23-16-33-36(18(23)2)24-8-5-20(14-31-24)27(28,29)30/h3,5,8,13-16,22H,4,6-7,9-12H2,1-2H3,(H,34,37). The van der Waals surface area contributed by atoms with Crippen molar-refractivity contribution in [3.63, 3.8) is 0 Å². The molecule has 8 nitrogen and oxygen atoms in total. The van der Waals surface area contributed by atoms with E-state index in [1.54, 1.807) is 13.1 Å². The summed E-state index contributed by atoms with van der Waals surface area (Å²) in [5.74, 6) is -0.201. The molecule has 2 aliphatic rings. The van der Waals surface area contributed by atoms with E-state index < -0.39 is 11.7 Å². The van der Waals surface area contributed by atoms with E-state index in [-0.39, 0.29) is 17.3 Å². The summed E-state index contributed by atoms with van der Waals surface area (Å²) >= 11 is 0. The molecule has 1 amide bonds. The zero-order valence-electron chi connectivity index (χ0n) is 21.3. The van der Waals surface area contributed by atoms with Crippen LogP contribution in [0.4, 0.5) is 18.9 Å². The van der Waals surface area contributed by atoms with Crippen molar-refractivity contribution in [2.24, 2.45) is 0 Å². The van der Waals surface area contributed by atoms with Crippen molar-refractivity contribution in [1.82, 2.24) is 24.6 Å². The summed E-state index contributed by atoms with van der Waals surface area (Å²) in [7, 11) is 0. The zero-order valence-corrected chi connectivity index (χ0v) is 21.3. The molecule has 0 saturated carbocycles. The molecule has 1 unspecified atom stereocenters. The van der Waals surface area contributed by atoms with Gasteiger partial charge in [0.1, 0.15) is 0 Å². The van der Waals surface area contributed by atoms with Crippen molar-refractivity contribution >= 4 is 17.2 Å². The molecule has 0 radical (unpaired) electrons. The highest BCUT2D eigenvalue weighted by Crippen LogP contribution is 2.31. The monoisotopic (exact) mass is 526 g/mol. The molecule has 4 heterocycles. The van der Waals surface area contributed by atoms with Crippen molar-refractivity contribution < 1.29 is 22.7 Å². The summed E-state index contributed by atoms with van der Waals surface area (Å²) in [6.45, 7) is 7.21. The fourth-order valence-corrected chi connectivity index (χ4v) is 5.03. The number of carbonyl (C=O) groups is 1. The third-order valence-corrected chi connectivity index (χ3v) is 7.13. The number of hydrogen-bond acceptors (Lipinski definition) is 6. The van der Waals surface area contributed by atoms with Crippen LogP contribution in [0.15, 0.2) is 42.9 Å². The molecular formula is C27H29F3N6O2. The van der Waals surface area contributed by atoms with Gasteiger partial charge in [-0.05, 0) is 62.4 Å². The maximum Gasteiger partial charge on any atom is 0.417 e. The lowest BCUT2D eigenvalue weighted by atomic mass is 9.90. The van der Waals surface area contributed by atoms with Gasteiger partial charge in [-0.1, -0.05) is 6.08 Å². The number of halogens is 3. The summed E-state index contributed by atoms with van der Waals surface area (Å²) < 4.78 is 45.3. The first-order chi connectivity index (χ1) is 18.2. The van der Waals surface area contributed by atoms with Crippen LogP contribution in [0, 0.1) is 13.8 Å². The number of amides is 1. The minimum Gasteiger partial charge on any atom is -0.379 e. The van der Waals surface area contributed by atoms with Crippen LogP contribution in [0.5, 0.6) is 0 Å². The van der Waals surface area contributed by atoms with Crippen LogP contribution in [0.25, 0.3) is 11.4 Å². The van der Waals surface area contributed by atoms with Gasteiger partial charge in [-0.2, -0.15) is 18.3 Å². The van der Waals surface area contributed by atoms with Gasteiger partial charge < -0.3 is 10.1 Å². The van der Waals surface area contributed by atoms with E-state index in [4.69, 9.17) is 4.74 Å². The molecule has 200 valence electrons. The van der Waals surface area contributed by atoms with E-state index in [1.165, 1.54) is 22.5 Å². The fraction of sp³-hybridized carbons (Fsp3) is 0.407. The third-order valence-electron chi connectivity index (χ3n) is 7.13. The molecule has 38 heavy (non-hydrogen) atoms. The smallest absolute Gasteiger partial charge is 0.379 e. The molecule has 0 spiro atoms. The lowest BCUT2D eigenvalue weighted by Crippen LogP contribution is -2.43. The van der Waals surface area contributed by atoms with Crippen LogP contribution in [0.2, 0.25) is 0 Å². The maximum atomic E-state index is 13.0. The predicted molar refractivity (Wildman–Crippen MR) is 136 cm³/mol. The molecule has 11 heteroatoms. The lowest BCUT2D eigenvalue weighted by molar-refractivity contribution is -0.137. The molecule has 3 aromatic rings. The van der Waals surface area contributed by atoms with Gasteiger partial charge in [0.25, 0.3) is 5.91 Å². The number of hydrogen-bond donors (Lipinski definition) is 1. The van der Waals surface area contributed by atoms with Gasteiger partial charge in [0.2, 0.25) is 0 Å². The Morgan fingerprint density at radius 1 is 1.11 bits per heavy atom. The Morgan fingerprint density at radius 3 is 2.53 bits per heavy atom. The average Bonchev–Trinajstić information content (AvgIpc) is 3.30. The van der Waals surface area contributed by atoms with Crippen molar-refractivity contribution in [3.05, 3.63) is 70.9 Å². The number of allylic oxidation sites excluding steroid dienone is 1. The Hall–Kier alpha value is -3.57. The molecule has 1 N–H and O–H groups in total. The first kappa shape index (κ1) is 26.1.